The monoisotopic (exact) mass is 217 g/mol. The lowest BCUT2D eigenvalue weighted by Crippen LogP contribution is -2.18. The van der Waals surface area contributed by atoms with E-state index in [1.807, 2.05) is 0 Å². The Labute approximate surface area is 85.4 Å². The predicted molar refractivity (Wildman–Crippen MR) is 51.8 cm³/mol. The highest BCUT2D eigenvalue weighted by Gasteiger charge is 2.31. The summed E-state index contributed by atoms with van der Waals surface area (Å²) in [4.78, 5) is 3.45. The quantitative estimate of drug-likeness (QED) is 0.696. The van der Waals surface area contributed by atoms with Crippen LogP contribution in [-0.2, 0) is 0 Å². The zero-order chi connectivity index (χ0) is 11.5. The number of alkyl halides is 3. The topological polar surface area (TPSA) is 21.6 Å². The molecule has 82 valence electrons. The molecule has 0 amide bonds. The number of nitrogens with zero attached hydrogens (tertiary/aromatic N) is 1. The molecule has 0 spiro atoms. The van der Waals surface area contributed by atoms with Crippen molar-refractivity contribution in [3.63, 3.8) is 0 Å². The highest BCUT2D eigenvalue weighted by molar-refractivity contribution is 5.89. The molecule has 0 N–H and O–H groups in total. The van der Waals surface area contributed by atoms with Crippen molar-refractivity contribution in [1.29, 1.82) is 0 Å². The maximum atomic E-state index is 12.2. The van der Waals surface area contributed by atoms with Crippen molar-refractivity contribution in [3.05, 3.63) is 24.3 Å². The fraction of sp³-hybridized carbons (Fsp3) is 0.300. The highest BCUT2D eigenvalue weighted by atomic mass is 19.4. The van der Waals surface area contributed by atoms with E-state index in [2.05, 4.69) is 4.99 Å². The minimum Gasteiger partial charge on any atom is -0.497 e. The Morgan fingerprint density at radius 3 is 2.53 bits per heavy atom. The lowest BCUT2D eigenvalue weighted by atomic mass is 10.3. The van der Waals surface area contributed by atoms with E-state index in [-0.39, 0.29) is 5.69 Å². The van der Waals surface area contributed by atoms with Gasteiger partial charge in [-0.25, -0.2) is 4.99 Å². The maximum absolute atomic E-state index is 12.2. The number of hydrogen-bond acceptors (Lipinski definition) is 2. The summed E-state index contributed by atoms with van der Waals surface area (Å²) >= 11 is 0. The van der Waals surface area contributed by atoms with E-state index >= 15 is 0 Å². The van der Waals surface area contributed by atoms with Gasteiger partial charge in [0.05, 0.1) is 12.8 Å². The third-order valence-corrected chi connectivity index (χ3v) is 1.76. The van der Waals surface area contributed by atoms with E-state index in [1.165, 1.54) is 19.2 Å². The number of hydrogen-bond donors (Lipinski definition) is 0. The molecule has 0 fully saturated rings. The average Bonchev–Trinajstić information content (AvgIpc) is 2.16. The second-order valence-corrected chi connectivity index (χ2v) is 2.90. The minimum atomic E-state index is -4.39. The normalized spacial score (nSPS) is 12.7. The van der Waals surface area contributed by atoms with Crippen LogP contribution in [0.2, 0.25) is 0 Å². The predicted octanol–water partition coefficient (Wildman–Crippen LogP) is 3.35. The van der Waals surface area contributed by atoms with Crippen LogP contribution in [0.3, 0.4) is 0 Å². The van der Waals surface area contributed by atoms with Gasteiger partial charge >= 0.3 is 6.18 Å². The minimum absolute atomic E-state index is 0.226. The molecule has 0 bridgehead atoms. The fourth-order valence-corrected chi connectivity index (χ4v) is 0.937. The van der Waals surface area contributed by atoms with E-state index in [9.17, 15) is 13.2 Å². The van der Waals surface area contributed by atoms with Gasteiger partial charge in [0.15, 0.2) is 0 Å². The molecule has 0 radical (unpaired) electrons. The first-order chi connectivity index (χ1) is 6.93. The van der Waals surface area contributed by atoms with Crippen molar-refractivity contribution >= 4 is 11.4 Å². The number of benzene rings is 1. The Bertz CT molecular complexity index is 371. The fourth-order valence-electron chi connectivity index (χ4n) is 0.937. The Hall–Kier alpha value is -1.52. The summed E-state index contributed by atoms with van der Waals surface area (Å²) in [6.07, 6.45) is -4.39. The van der Waals surface area contributed by atoms with E-state index in [0.29, 0.717) is 5.75 Å². The van der Waals surface area contributed by atoms with E-state index in [1.54, 1.807) is 12.1 Å². The van der Waals surface area contributed by atoms with Crippen LogP contribution in [-0.4, -0.2) is 19.0 Å². The Kier molecular flexibility index (Phi) is 3.34. The van der Waals surface area contributed by atoms with Crippen molar-refractivity contribution in [2.24, 2.45) is 4.99 Å². The van der Waals surface area contributed by atoms with Crippen molar-refractivity contribution in [2.45, 2.75) is 13.1 Å². The van der Waals surface area contributed by atoms with Crippen LogP contribution in [0.15, 0.2) is 29.3 Å². The molecular formula is C10H10F3NO. The second-order valence-electron chi connectivity index (χ2n) is 2.90. The van der Waals surface area contributed by atoms with Crippen LogP contribution >= 0.6 is 0 Å². The molecule has 0 saturated heterocycles. The molecule has 1 aromatic carbocycles. The SMILES string of the molecule is COc1cccc(N=C(C)C(F)(F)F)c1. The van der Waals surface area contributed by atoms with Crippen LogP contribution in [0.25, 0.3) is 0 Å². The summed E-state index contributed by atoms with van der Waals surface area (Å²) in [6, 6.07) is 6.15. The van der Waals surface area contributed by atoms with Gasteiger partial charge < -0.3 is 4.74 Å². The molecule has 0 saturated carbocycles. The molecule has 0 heterocycles. The van der Waals surface area contributed by atoms with Gasteiger partial charge in [-0.05, 0) is 19.1 Å². The van der Waals surface area contributed by atoms with Crippen molar-refractivity contribution in [3.8, 4) is 5.75 Å². The summed E-state index contributed by atoms with van der Waals surface area (Å²) in [5.41, 5.74) is -0.653. The lowest BCUT2D eigenvalue weighted by Gasteiger charge is -2.05. The first-order valence-electron chi connectivity index (χ1n) is 4.20. The molecule has 0 aliphatic rings. The first kappa shape index (κ1) is 11.6. The van der Waals surface area contributed by atoms with Gasteiger partial charge in [-0.2, -0.15) is 13.2 Å². The van der Waals surface area contributed by atoms with Gasteiger partial charge in [0, 0.05) is 6.07 Å². The standard InChI is InChI=1S/C10H10F3NO/c1-7(10(11,12)13)14-8-4-3-5-9(6-8)15-2/h3-6H,1-2H3. The summed E-state index contributed by atoms with van der Waals surface area (Å²) in [5.74, 6) is 0.478. The molecule has 0 aliphatic heterocycles. The van der Waals surface area contributed by atoms with E-state index < -0.39 is 11.9 Å². The van der Waals surface area contributed by atoms with Gasteiger partial charge in [0.1, 0.15) is 11.5 Å². The first-order valence-corrected chi connectivity index (χ1v) is 4.20. The number of rotatable bonds is 2. The van der Waals surface area contributed by atoms with Gasteiger partial charge in [0.2, 0.25) is 0 Å². The third kappa shape index (κ3) is 3.27. The number of ether oxygens (including phenoxy) is 1. The summed E-state index contributed by atoms with van der Waals surface area (Å²) in [5, 5.41) is 0. The third-order valence-electron chi connectivity index (χ3n) is 1.76. The van der Waals surface area contributed by atoms with Crippen LogP contribution in [0, 0.1) is 0 Å². The maximum Gasteiger partial charge on any atom is 0.429 e. The molecule has 2 nitrogen and oxygen atoms in total. The number of aliphatic imine (C=N–C) groups is 1. The van der Waals surface area contributed by atoms with Gasteiger partial charge in [0.25, 0.3) is 0 Å². The van der Waals surface area contributed by atoms with Crippen LogP contribution < -0.4 is 4.74 Å². The summed E-state index contributed by atoms with van der Waals surface area (Å²) < 4.78 is 41.3. The van der Waals surface area contributed by atoms with Crippen LogP contribution in [0.5, 0.6) is 5.75 Å². The van der Waals surface area contributed by atoms with Gasteiger partial charge in [-0.3, -0.25) is 0 Å². The Morgan fingerprint density at radius 1 is 1.33 bits per heavy atom. The van der Waals surface area contributed by atoms with Crippen LogP contribution in [0.4, 0.5) is 18.9 Å². The van der Waals surface area contributed by atoms with Crippen LogP contribution in [0.1, 0.15) is 6.92 Å². The number of methoxy groups -OCH3 is 1. The Balaban J connectivity index is 2.98. The molecule has 0 unspecified atom stereocenters. The van der Waals surface area contributed by atoms with Crippen molar-refractivity contribution in [2.75, 3.05) is 7.11 Å². The highest BCUT2D eigenvalue weighted by Crippen LogP contribution is 2.24. The smallest absolute Gasteiger partial charge is 0.429 e. The molecule has 0 atom stereocenters. The number of halogens is 3. The molecule has 15 heavy (non-hydrogen) atoms. The summed E-state index contributed by atoms with van der Waals surface area (Å²) in [7, 11) is 1.44. The molecule has 1 aromatic rings. The molecule has 0 aromatic heterocycles. The molecule has 5 heteroatoms. The second kappa shape index (κ2) is 4.33. The zero-order valence-electron chi connectivity index (χ0n) is 8.30. The molecular weight excluding hydrogens is 207 g/mol. The average molecular weight is 217 g/mol. The largest absolute Gasteiger partial charge is 0.497 e. The molecule has 1 rings (SSSR count). The van der Waals surface area contributed by atoms with Crippen molar-refractivity contribution < 1.29 is 17.9 Å². The van der Waals surface area contributed by atoms with Gasteiger partial charge in [-0.1, -0.05) is 6.07 Å². The summed E-state index contributed by atoms with van der Waals surface area (Å²) in [6.45, 7) is 0.930. The molecule has 0 aliphatic carbocycles. The van der Waals surface area contributed by atoms with Gasteiger partial charge in [-0.15, -0.1) is 0 Å². The Morgan fingerprint density at radius 2 is 2.00 bits per heavy atom. The van der Waals surface area contributed by atoms with E-state index in [4.69, 9.17) is 4.74 Å². The zero-order valence-corrected chi connectivity index (χ0v) is 8.30. The van der Waals surface area contributed by atoms with E-state index in [0.717, 1.165) is 6.92 Å². The van der Waals surface area contributed by atoms with Crippen molar-refractivity contribution in [1.82, 2.24) is 0 Å². The lowest BCUT2D eigenvalue weighted by molar-refractivity contribution is -0.0591.